The molecule has 4 nitrogen and oxygen atoms in total. The molecule has 4 heteroatoms. The first-order valence-electron chi connectivity index (χ1n) is 13.9. The third-order valence-corrected chi connectivity index (χ3v) is 7.29. The lowest BCUT2D eigenvalue weighted by molar-refractivity contribution is 1.23. The number of fused-ring (bicyclic) bond motifs is 2. The van der Waals surface area contributed by atoms with Crippen LogP contribution in [0.1, 0.15) is 0 Å². The summed E-state index contributed by atoms with van der Waals surface area (Å²) in [5, 5.41) is 22.3. The van der Waals surface area contributed by atoms with Crippen LogP contribution in [0.5, 0.6) is 0 Å². The number of hydrogen-bond donors (Lipinski definition) is 0. The molecular formula is C38H26N4. The highest BCUT2D eigenvalue weighted by Gasteiger charge is 2.11. The third-order valence-electron chi connectivity index (χ3n) is 7.29. The average Bonchev–Trinajstić information content (AvgIpc) is 3.06. The minimum atomic E-state index is 0.821. The van der Waals surface area contributed by atoms with Crippen molar-refractivity contribution < 1.29 is 0 Å². The summed E-state index contributed by atoms with van der Waals surface area (Å²) in [5.74, 6) is 0. The van der Waals surface area contributed by atoms with E-state index in [4.69, 9.17) is 0 Å². The van der Waals surface area contributed by atoms with Crippen LogP contribution in [0.2, 0.25) is 0 Å². The second-order valence-corrected chi connectivity index (χ2v) is 10.1. The lowest BCUT2D eigenvalue weighted by Crippen LogP contribution is -1.87. The molecule has 0 radical (unpaired) electrons. The number of hydrogen-bond acceptors (Lipinski definition) is 4. The molecule has 0 aliphatic carbocycles. The molecule has 0 aliphatic heterocycles. The Morgan fingerprint density at radius 1 is 0.286 bits per heavy atom. The van der Waals surface area contributed by atoms with Crippen molar-refractivity contribution in [3.63, 3.8) is 0 Å². The number of azo groups is 2. The molecule has 7 aromatic carbocycles. The van der Waals surface area contributed by atoms with Crippen molar-refractivity contribution in [2.45, 2.75) is 0 Å². The molecule has 0 heterocycles. The minimum Gasteiger partial charge on any atom is -0.151 e. The molecule has 0 saturated heterocycles. The highest BCUT2D eigenvalue weighted by molar-refractivity contribution is 6.13. The van der Waals surface area contributed by atoms with Gasteiger partial charge in [-0.3, -0.25) is 0 Å². The highest BCUT2D eigenvalue weighted by atomic mass is 15.1. The third kappa shape index (κ3) is 5.34. The van der Waals surface area contributed by atoms with Gasteiger partial charge in [-0.1, -0.05) is 97.1 Å². The van der Waals surface area contributed by atoms with Gasteiger partial charge < -0.3 is 0 Å². The number of rotatable bonds is 6. The van der Waals surface area contributed by atoms with E-state index >= 15 is 0 Å². The normalized spacial score (nSPS) is 11.6. The largest absolute Gasteiger partial charge is 0.151 e. The molecule has 0 saturated carbocycles. The van der Waals surface area contributed by atoms with Crippen LogP contribution in [0.4, 0.5) is 22.7 Å². The van der Waals surface area contributed by atoms with Crippen molar-refractivity contribution in [1.82, 2.24) is 0 Å². The molecule has 0 aromatic heterocycles. The smallest absolute Gasteiger partial charge is 0.0857 e. The van der Waals surface area contributed by atoms with Gasteiger partial charge in [-0.2, -0.15) is 20.5 Å². The van der Waals surface area contributed by atoms with E-state index in [9.17, 15) is 0 Å². The maximum Gasteiger partial charge on any atom is 0.0857 e. The molecule has 198 valence electrons. The summed E-state index contributed by atoms with van der Waals surface area (Å²) in [6, 6.07) is 53.7. The van der Waals surface area contributed by atoms with Crippen molar-refractivity contribution in [1.29, 1.82) is 0 Å². The fourth-order valence-corrected chi connectivity index (χ4v) is 5.20. The van der Waals surface area contributed by atoms with Crippen molar-refractivity contribution in [3.05, 3.63) is 158 Å². The van der Waals surface area contributed by atoms with Gasteiger partial charge in [0.1, 0.15) is 0 Å². The summed E-state index contributed by atoms with van der Waals surface area (Å²) in [6.45, 7) is 0. The Morgan fingerprint density at radius 2 is 0.738 bits per heavy atom. The second-order valence-electron chi connectivity index (χ2n) is 10.1. The van der Waals surface area contributed by atoms with Gasteiger partial charge in [0.25, 0.3) is 0 Å². The van der Waals surface area contributed by atoms with Gasteiger partial charge in [0.05, 0.1) is 22.7 Å². The average molecular weight is 539 g/mol. The molecule has 42 heavy (non-hydrogen) atoms. The van der Waals surface area contributed by atoms with Gasteiger partial charge in [0.15, 0.2) is 0 Å². The summed E-state index contributed by atoms with van der Waals surface area (Å²) in [7, 11) is 0. The molecule has 0 fully saturated rings. The van der Waals surface area contributed by atoms with Crippen molar-refractivity contribution in [2.75, 3.05) is 0 Å². The van der Waals surface area contributed by atoms with Crippen LogP contribution < -0.4 is 0 Å². The first-order valence-corrected chi connectivity index (χ1v) is 13.9. The Morgan fingerprint density at radius 3 is 1.33 bits per heavy atom. The summed E-state index contributed by atoms with van der Waals surface area (Å²) in [4.78, 5) is 0. The maximum absolute atomic E-state index is 4.43. The molecule has 0 spiro atoms. The van der Waals surface area contributed by atoms with E-state index in [0.717, 1.165) is 39.4 Å². The van der Waals surface area contributed by atoms with Crippen LogP contribution in [-0.2, 0) is 0 Å². The van der Waals surface area contributed by atoms with E-state index in [1.165, 1.54) is 27.1 Å². The van der Waals surface area contributed by atoms with Crippen LogP contribution in [0.25, 0.3) is 43.8 Å². The van der Waals surface area contributed by atoms with Crippen LogP contribution in [-0.4, -0.2) is 0 Å². The predicted octanol–water partition coefficient (Wildman–Crippen LogP) is 12.2. The van der Waals surface area contributed by atoms with Gasteiger partial charge in [-0.25, -0.2) is 0 Å². The lowest BCUT2D eigenvalue weighted by Gasteiger charge is -2.14. The molecule has 0 aliphatic rings. The second kappa shape index (κ2) is 11.4. The van der Waals surface area contributed by atoms with Crippen LogP contribution in [0.15, 0.2) is 178 Å². The first kappa shape index (κ1) is 25.2. The molecular weight excluding hydrogens is 512 g/mol. The van der Waals surface area contributed by atoms with E-state index in [2.05, 4.69) is 93.3 Å². The molecule has 0 unspecified atom stereocenters. The minimum absolute atomic E-state index is 0.821. The predicted molar refractivity (Wildman–Crippen MR) is 174 cm³/mol. The van der Waals surface area contributed by atoms with Gasteiger partial charge in [-0.15, -0.1) is 0 Å². The Bertz CT molecular complexity index is 2050. The van der Waals surface area contributed by atoms with Crippen molar-refractivity contribution in [3.8, 4) is 22.3 Å². The standard InChI is InChI=1S/C38H26N4/c1-3-10-32(11-4-1)39-41-34-20-15-27(16-21-34)29-19-24-37-31(25-29)26-30-9-7-8-14-36(30)38(37)28-17-22-35(23-18-28)42-40-33-12-5-2-6-13-33/h1-26H. The van der Waals surface area contributed by atoms with Crippen LogP contribution in [0, 0.1) is 0 Å². The maximum atomic E-state index is 4.43. The van der Waals surface area contributed by atoms with E-state index in [1.807, 2.05) is 84.9 Å². The van der Waals surface area contributed by atoms with Crippen molar-refractivity contribution >= 4 is 44.3 Å². The van der Waals surface area contributed by atoms with Gasteiger partial charge in [0, 0.05) is 0 Å². The zero-order chi connectivity index (χ0) is 28.1. The fraction of sp³-hybridized carbons (Fsp3) is 0. The van der Waals surface area contributed by atoms with Gasteiger partial charge >= 0.3 is 0 Å². The number of nitrogens with zero attached hydrogens (tertiary/aromatic N) is 4. The highest BCUT2D eigenvalue weighted by Crippen LogP contribution is 2.39. The Labute approximate surface area is 244 Å². The van der Waals surface area contributed by atoms with E-state index in [-0.39, 0.29) is 0 Å². The Hall–Kier alpha value is -5.74. The lowest BCUT2D eigenvalue weighted by atomic mass is 9.90. The summed E-state index contributed by atoms with van der Waals surface area (Å²) in [5.41, 5.74) is 7.98. The SMILES string of the molecule is c1ccc(N=Nc2ccc(-c3ccc4c(-c5ccc(N=Nc6ccccc6)cc5)c5ccccc5cc4c3)cc2)cc1. The van der Waals surface area contributed by atoms with E-state index in [0.29, 0.717) is 0 Å². The topological polar surface area (TPSA) is 49.4 Å². The van der Waals surface area contributed by atoms with Crippen LogP contribution >= 0.6 is 0 Å². The molecule has 0 N–H and O–H groups in total. The first-order chi connectivity index (χ1) is 20.8. The van der Waals surface area contributed by atoms with Gasteiger partial charge in [0.2, 0.25) is 0 Å². The summed E-state index contributed by atoms with van der Waals surface area (Å²) < 4.78 is 0. The Kier molecular flexibility index (Phi) is 6.85. The van der Waals surface area contributed by atoms with Gasteiger partial charge in [-0.05, 0) is 104 Å². The van der Waals surface area contributed by atoms with E-state index in [1.54, 1.807) is 0 Å². The fourth-order valence-electron chi connectivity index (χ4n) is 5.20. The number of benzene rings is 7. The summed E-state index contributed by atoms with van der Waals surface area (Å²) >= 11 is 0. The zero-order valence-corrected chi connectivity index (χ0v) is 22.8. The van der Waals surface area contributed by atoms with Crippen LogP contribution in [0.3, 0.4) is 0 Å². The van der Waals surface area contributed by atoms with Crippen molar-refractivity contribution in [2.24, 2.45) is 20.5 Å². The quantitative estimate of drug-likeness (QED) is 0.149. The monoisotopic (exact) mass is 538 g/mol. The van der Waals surface area contributed by atoms with E-state index < -0.39 is 0 Å². The molecule has 7 aromatic rings. The molecule has 0 amide bonds. The zero-order valence-electron chi connectivity index (χ0n) is 22.8. The Balaban J connectivity index is 1.23. The molecule has 0 bridgehead atoms. The summed E-state index contributed by atoms with van der Waals surface area (Å²) in [6.07, 6.45) is 0. The molecule has 0 atom stereocenters. The molecule has 7 rings (SSSR count).